The van der Waals surface area contributed by atoms with Crippen molar-refractivity contribution in [3.05, 3.63) is 46.4 Å². The smallest absolute Gasteiger partial charge is 0.180 e. The zero-order valence-electron chi connectivity index (χ0n) is 20.3. The molecule has 0 unspecified atom stereocenters. The minimum atomic E-state index is -0.821. The summed E-state index contributed by atoms with van der Waals surface area (Å²) in [5.41, 5.74) is 8.74. The molecule has 178 valence electrons. The molecule has 0 saturated heterocycles. The standard InChI is InChI=1S/C27H36N2O3S/c1-24(2)20-19(30)22(31)27(5)17-7-6-15(14-9-11-32-13-14)25(17,3)10-8-18(27)26(20,4)12-16-21(24)29-23(28)33-16/h7,9,11,13,15,18-20,22,30-31H,6,8,10,12H2,1-5H3,(H2,28,29)/t15-,18+,19+,20-,22+,25-,26+,27-/m0/s1. The van der Waals surface area contributed by atoms with Crippen LogP contribution in [0.4, 0.5) is 5.13 Å². The fourth-order valence-corrected chi connectivity index (χ4v) is 10.6. The lowest BCUT2D eigenvalue weighted by atomic mass is 9.37. The first kappa shape index (κ1) is 21.9. The van der Waals surface area contributed by atoms with Crippen molar-refractivity contribution >= 4 is 16.5 Å². The number of anilines is 1. The summed E-state index contributed by atoms with van der Waals surface area (Å²) >= 11 is 1.60. The molecular weight excluding hydrogens is 432 g/mol. The predicted octanol–water partition coefficient (Wildman–Crippen LogP) is 5.05. The van der Waals surface area contributed by atoms with Gasteiger partial charge in [0.25, 0.3) is 0 Å². The Morgan fingerprint density at radius 1 is 1.18 bits per heavy atom. The Bertz CT molecular complexity index is 1140. The first-order valence-corrected chi connectivity index (χ1v) is 13.1. The quantitative estimate of drug-likeness (QED) is 0.510. The number of allylic oxidation sites excluding steroid dienone is 1. The molecule has 0 aromatic carbocycles. The van der Waals surface area contributed by atoms with Gasteiger partial charge in [0.05, 0.1) is 30.4 Å². The number of aliphatic hydroxyl groups excluding tert-OH is 2. The Hall–Kier alpha value is -1.63. The lowest BCUT2D eigenvalue weighted by molar-refractivity contribution is -0.222. The van der Waals surface area contributed by atoms with E-state index in [9.17, 15) is 10.2 Å². The number of nitrogen functional groups attached to an aromatic ring is 1. The normalized spacial score (nSPS) is 45.5. The van der Waals surface area contributed by atoms with Gasteiger partial charge in [-0.3, -0.25) is 0 Å². The van der Waals surface area contributed by atoms with E-state index in [0.717, 1.165) is 31.4 Å². The van der Waals surface area contributed by atoms with Crippen LogP contribution in [0, 0.1) is 28.1 Å². The van der Waals surface area contributed by atoms with Crippen LogP contribution in [0.1, 0.15) is 75.9 Å². The van der Waals surface area contributed by atoms with Crippen molar-refractivity contribution in [3.63, 3.8) is 0 Å². The van der Waals surface area contributed by atoms with Gasteiger partial charge in [0.1, 0.15) is 0 Å². The molecule has 6 rings (SSSR count). The molecule has 4 N–H and O–H groups in total. The Labute approximate surface area is 200 Å². The molecular formula is C27H36N2O3S. The van der Waals surface area contributed by atoms with Crippen molar-refractivity contribution in [2.75, 3.05) is 5.73 Å². The number of thiazole rings is 1. The second-order valence-corrected chi connectivity index (χ2v) is 13.5. The van der Waals surface area contributed by atoms with E-state index in [-0.39, 0.29) is 28.1 Å². The molecule has 0 bridgehead atoms. The van der Waals surface area contributed by atoms with E-state index in [1.165, 1.54) is 16.0 Å². The van der Waals surface area contributed by atoms with Crippen LogP contribution in [0.5, 0.6) is 0 Å². The number of nitrogens with two attached hydrogens (primary N) is 1. The van der Waals surface area contributed by atoms with Crippen LogP contribution in [0.2, 0.25) is 0 Å². The summed E-state index contributed by atoms with van der Waals surface area (Å²) in [5.74, 6) is 0.546. The lowest BCUT2D eigenvalue weighted by Gasteiger charge is -2.68. The van der Waals surface area contributed by atoms with Crippen molar-refractivity contribution in [2.45, 2.75) is 83.8 Å². The summed E-state index contributed by atoms with van der Waals surface area (Å²) < 4.78 is 5.44. The van der Waals surface area contributed by atoms with Gasteiger partial charge in [0.2, 0.25) is 0 Å². The molecule has 0 amide bonds. The van der Waals surface area contributed by atoms with Crippen molar-refractivity contribution in [1.29, 1.82) is 0 Å². The van der Waals surface area contributed by atoms with Crippen molar-refractivity contribution < 1.29 is 14.6 Å². The number of rotatable bonds is 1. The van der Waals surface area contributed by atoms with Crippen molar-refractivity contribution in [3.8, 4) is 0 Å². The summed E-state index contributed by atoms with van der Waals surface area (Å²) in [6, 6.07) is 2.09. The number of fused-ring (bicyclic) bond motifs is 6. The fraction of sp³-hybridized carbons (Fsp3) is 0.667. The van der Waals surface area contributed by atoms with Crippen LogP contribution in [0.25, 0.3) is 0 Å². The second kappa shape index (κ2) is 6.52. The zero-order chi connectivity index (χ0) is 23.6. The van der Waals surface area contributed by atoms with E-state index in [1.807, 2.05) is 6.26 Å². The van der Waals surface area contributed by atoms with Gasteiger partial charge >= 0.3 is 0 Å². The molecule has 0 radical (unpaired) electrons. The van der Waals surface area contributed by atoms with Gasteiger partial charge in [-0.25, -0.2) is 4.98 Å². The second-order valence-electron chi connectivity index (χ2n) is 12.4. The van der Waals surface area contributed by atoms with E-state index in [4.69, 9.17) is 15.1 Å². The molecule has 0 aliphatic heterocycles. The van der Waals surface area contributed by atoms with Gasteiger partial charge in [0.15, 0.2) is 5.13 Å². The minimum Gasteiger partial charge on any atom is -0.472 e. The highest BCUT2D eigenvalue weighted by molar-refractivity contribution is 7.15. The van der Waals surface area contributed by atoms with Gasteiger partial charge in [-0.15, -0.1) is 11.3 Å². The van der Waals surface area contributed by atoms with Crippen molar-refractivity contribution in [2.24, 2.45) is 28.1 Å². The van der Waals surface area contributed by atoms with Gasteiger partial charge in [-0.05, 0) is 60.0 Å². The van der Waals surface area contributed by atoms with Crippen LogP contribution in [-0.2, 0) is 11.8 Å². The molecule has 8 atom stereocenters. The first-order chi connectivity index (χ1) is 15.5. The van der Waals surface area contributed by atoms with E-state index in [1.54, 1.807) is 17.6 Å². The Morgan fingerprint density at radius 3 is 2.64 bits per heavy atom. The van der Waals surface area contributed by atoms with E-state index >= 15 is 0 Å². The highest BCUT2D eigenvalue weighted by Gasteiger charge is 2.71. The largest absolute Gasteiger partial charge is 0.472 e. The SMILES string of the molecule is CC1(C)c2nc(N)sc2C[C@]2(C)[C@H]3CC[C@]4(C)C(=CC[C@H]4c4ccoc4)[C@]3(C)[C@H](O)[C@H](O)[C@@H]12. The molecule has 33 heavy (non-hydrogen) atoms. The minimum absolute atomic E-state index is 0.0384. The molecule has 0 spiro atoms. The predicted molar refractivity (Wildman–Crippen MR) is 130 cm³/mol. The summed E-state index contributed by atoms with van der Waals surface area (Å²) in [6.45, 7) is 11.3. The van der Waals surface area contributed by atoms with Crippen LogP contribution >= 0.6 is 11.3 Å². The Balaban J connectivity index is 1.49. The Morgan fingerprint density at radius 2 is 1.94 bits per heavy atom. The van der Waals surface area contributed by atoms with Crippen molar-refractivity contribution in [1.82, 2.24) is 4.98 Å². The average molecular weight is 469 g/mol. The number of furan rings is 1. The molecule has 2 saturated carbocycles. The molecule has 2 aromatic rings. The molecule has 2 heterocycles. The molecule has 2 aromatic heterocycles. The van der Waals surface area contributed by atoms with Gasteiger partial charge in [-0.1, -0.05) is 46.3 Å². The summed E-state index contributed by atoms with van der Waals surface area (Å²) in [6.07, 6.45) is 8.33. The van der Waals surface area contributed by atoms with E-state index in [0.29, 0.717) is 11.0 Å². The third-order valence-electron chi connectivity index (χ3n) is 10.6. The summed E-state index contributed by atoms with van der Waals surface area (Å²) in [5, 5.41) is 24.3. The highest BCUT2D eigenvalue weighted by Crippen LogP contribution is 2.73. The van der Waals surface area contributed by atoms with Crippen LogP contribution in [0.15, 0.2) is 34.7 Å². The maximum atomic E-state index is 11.9. The third kappa shape index (κ3) is 2.48. The molecule has 4 aliphatic carbocycles. The summed E-state index contributed by atoms with van der Waals surface area (Å²) in [7, 11) is 0. The first-order valence-electron chi connectivity index (χ1n) is 12.3. The maximum Gasteiger partial charge on any atom is 0.180 e. The van der Waals surface area contributed by atoms with Crippen LogP contribution < -0.4 is 5.73 Å². The van der Waals surface area contributed by atoms with Crippen LogP contribution in [-0.4, -0.2) is 27.4 Å². The average Bonchev–Trinajstić information content (AvgIpc) is 3.44. The number of aromatic nitrogens is 1. The van der Waals surface area contributed by atoms with Gasteiger partial charge in [-0.2, -0.15) is 0 Å². The third-order valence-corrected chi connectivity index (χ3v) is 11.5. The number of hydrogen-bond acceptors (Lipinski definition) is 6. The number of nitrogens with zero attached hydrogens (tertiary/aromatic N) is 1. The highest BCUT2D eigenvalue weighted by atomic mass is 32.1. The Kier molecular flexibility index (Phi) is 4.32. The molecule has 4 aliphatic rings. The lowest BCUT2D eigenvalue weighted by Crippen LogP contribution is -2.70. The summed E-state index contributed by atoms with van der Waals surface area (Å²) in [4.78, 5) is 5.95. The molecule has 2 fully saturated rings. The fourth-order valence-electron chi connectivity index (χ4n) is 9.46. The van der Waals surface area contributed by atoms with E-state index < -0.39 is 17.6 Å². The number of aliphatic hydroxyl groups is 2. The maximum absolute atomic E-state index is 11.9. The van der Waals surface area contributed by atoms with Gasteiger partial charge in [0, 0.05) is 21.6 Å². The molecule has 6 heteroatoms. The monoisotopic (exact) mass is 468 g/mol. The van der Waals surface area contributed by atoms with E-state index in [2.05, 4.69) is 46.8 Å². The zero-order valence-corrected chi connectivity index (χ0v) is 21.1. The topological polar surface area (TPSA) is 92.5 Å². The van der Waals surface area contributed by atoms with Crippen LogP contribution in [0.3, 0.4) is 0 Å². The number of hydrogen-bond donors (Lipinski definition) is 3. The molecule has 5 nitrogen and oxygen atoms in total. The van der Waals surface area contributed by atoms with Gasteiger partial charge < -0.3 is 20.4 Å².